The molecule has 0 aromatic heterocycles. The van der Waals surface area contributed by atoms with Gasteiger partial charge in [0, 0.05) is 6.42 Å². The van der Waals surface area contributed by atoms with Gasteiger partial charge in [0.25, 0.3) is 0 Å². The molecule has 1 fully saturated rings. The summed E-state index contributed by atoms with van der Waals surface area (Å²) in [6.07, 6.45) is 1.23. The maximum Gasteiger partial charge on any atom is 0.236 e. The lowest BCUT2D eigenvalue weighted by atomic mass is 10.0. The van der Waals surface area contributed by atoms with Crippen molar-refractivity contribution in [2.75, 3.05) is 19.7 Å². The van der Waals surface area contributed by atoms with Crippen molar-refractivity contribution in [1.82, 2.24) is 10.6 Å². The zero-order valence-corrected chi connectivity index (χ0v) is 9.87. The van der Waals surface area contributed by atoms with Crippen molar-refractivity contribution in [3.8, 4) is 12.3 Å². The van der Waals surface area contributed by atoms with E-state index < -0.39 is 30.4 Å². The van der Waals surface area contributed by atoms with E-state index in [0.717, 1.165) is 0 Å². The topological polar surface area (TPSA) is 111 Å². The van der Waals surface area contributed by atoms with E-state index >= 15 is 0 Å². The van der Waals surface area contributed by atoms with E-state index in [4.69, 9.17) is 16.3 Å². The quantitative estimate of drug-likeness (QED) is 0.268. The van der Waals surface area contributed by atoms with Gasteiger partial charge in [0.2, 0.25) is 5.91 Å². The molecule has 18 heavy (non-hydrogen) atoms. The van der Waals surface area contributed by atoms with Crippen LogP contribution in [0.1, 0.15) is 6.42 Å². The molecule has 4 atom stereocenters. The number of hydrogen-bond donors (Lipinski definition) is 5. The Hall–Kier alpha value is -1.17. The van der Waals surface area contributed by atoms with Crippen LogP contribution in [-0.2, 0) is 9.53 Å². The van der Waals surface area contributed by atoms with Crippen LogP contribution < -0.4 is 10.6 Å². The molecular weight excluding hydrogens is 240 g/mol. The van der Waals surface area contributed by atoms with Crippen molar-refractivity contribution >= 4 is 5.91 Å². The van der Waals surface area contributed by atoms with Crippen molar-refractivity contribution in [3.63, 3.8) is 0 Å². The van der Waals surface area contributed by atoms with E-state index in [9.17, 15) is 15.0 Å². The van der Waals surface area contributed by atoms with Crippen LogP contribution in [0.25, 0.3) is 0 Å². The van der Waals surface area contributed by atoms with Crippen molar-refractivity contribution < 1.29 is 24.9 Å². The van der Waals surface area contributed by atoms with Gasteiger partial charge in [-0.25, -0.2) is 0 Å². The number of carbonyl (C=O) groups is 1. The zero-order valence-electron chi connectivity index (χ0n) is 9.87. The minimum absolute atomic E-state index is 0.0172. The van der Waals surface area contributed by atoms with Crippen LogP contribution in [0.3, 0.4) is 0 Å². The highest BCUT2D eigenvalue weighted by atomic mass is 16.5. The molecule has 1 heterocycles. The van der Waals surface area contributed by atoms with Gasteiger partial charge >= 0.3 is 0 Å². The largest absolute Gasteiger partial charge is 0.394 e. The summed E-state index contributed by atoms with van der Waals surface area (Å²) < 4.78 is 5.24. The molecule has 0 radical (unpaired) electrons. The standard InChI is InChI=1S/C11H18N2O5/c1-2-3-12-5-9(16)13-11-10(17)8(15)4-7(6-14)18-11/h1,7-8,10-12,14-15,17H,3-6H2,(H,13,16)/t7-,8-,10+,11+/m0/s1. The van der Waals surface area contributed by atoms with E-state index in [1.807, 2.05) is 0 Å². The summed E-state index contributed by atoms with van der Waals surface area (Å²) in [5.41, 5.74) is 0. The SMILES string of the molecule is C#CCNCC(=O)N[C@@H]1O[C@H](CO)C[C@H](O)[C@H]1O. The van der Waals surface area contributed by atoms with Crippen LogP contribution in [-0.4, -0.2) is 65.5 Å². The van der Waals surface area contributed by atoms with Gasteiger partial charge in [-0.15, -0.1) is 6.42 Å². The Labute approximate surface area is 105 Å². The molecule has 0 aromatic carbocycles. The Kier molecular flexibility index (Phi) is 6.04. The van der Waals surface area contributed by atoms with Crippen LogP contribution in [0.2, 0.25) is 0 Å². The number of terminal acetylenes is 1. The van der Waals surface area contributed by atoms with Crippen LogP contribution >= 0.6 is 0 Å². The van der Waals surface area contributed by atoms with Gasteiger partial charge in [-0.1, -0.05) is 5.92 Å². The third kappa shape index (κ3) is 4.25. The van der Waals surface area contributed by atoms with E-state index in [2.05, 4.69) is 16.6 Å². The molecule has 7 nitrogen and oxygen atoms in total. The van der Waals surface area contributed by atoms with Gasteiger partial charge in [-0.3, -0.25) is 10.1 Å². The summed E-state index contributed by atoms with van der Waals surface area (Å²) in [7, 11) is 0. The molecule has 1 aliphatic heterocycles. The summed E-state index contributed by atoms with van der Waals surface area (Å²) in [4.78, 5) is 11.5. The van der Waals surface area contributed by atoms with Crippen molar-refractivity contribution in [2.24, 2.45) is 0 Å². The molecule has 0 aliphatic carbocycles. The Morgan fingerprint density at radius 2 is 2.22 bits per heavy atom. The highest BCUT2D eigenvalue weighted by Gasteiger charge is 2.37. The predicted molar refractivity (Wildman–Crippen MR) is 62.2 cm³/mol. The average molecular weight is 258 g/mol. The van der Waals surface area contributed by atoms with Gasteiger partial charge in [0.05, 0.1) is 31.9 Å². The minimum Gasteiger partial charge on any atom is -0.394 e. The minimum atomic E-state index is -1.22. The first-order valence-corrected chi connectivity index (χ1v) is 5.64. The first kappa shape index (κ1) is 14.9. The molecule has 1 rings (SSSR count). The normalized spacial score (nSPS) is 31.7. The zero-order chi connectivity index (χ0) is 13.5. The monoisotopic (exact) mass is 258 g/mol. The van der Waals surface area contributed by atoms with E-state index in [1.54, 1.807) is 0 Å². The molecule has 1 saturated heterocycles. The molecule has 0 saturated carbocycles. The van der Waals surface area contributed by atoms with E-state index in [1.165, 1.54) is 0 Å². The summed E-state index contributed by atoms with van der Waals surface area (Å²) >= 11 is 0. The third-order valence-electron chi connectivity index (χ3n) is 2.57. The van der Waals surface area contributed by atoms with Gasteiger partial charge in [0.15, 0.2) is 6.23 Å². The fourth-order valence-electron chi connectivity index (χ4n) is 1.65. The predicted octanol–water partition coefficient (Wildman–Crippen LogP) is -2.85. The van der Waals surface area contributed by atoms with Crippen molar-refractivity contribution in [2.45, 2.75) is 31.0 Å². The van der Waals surface area contributed by atoms with Crippen LogP contribution in [0.15, 0.2) is 0 Å². The smallest absolute Gasteiger partial charge is 0.236 e. The lowest BCUT2D eigenvalue weighted by Gasteiger charge is -2.36. The van der Waals surface area contributed by atoms with Crippen LogP contribution in [0, 0.1) is 12.3 Å². The molecule has 0 unspecified atom stereocenters. The highest BCUT2D eigenvalue weighted by Crippen LogP contribution is 2.18. The summed E-state index contributed by atoms with van der Waals surface area (Å²) in [6.45, 7) is -0.0501. The number of hydrogen-bond acceptors (Lipinski definition) is 6. The maximum absolute atomic E-state index is 11.5. The Morgan fingerprint density at radius 1 is 1.50 bits per heavy atom. The molecule has 0 bridgehead atoms. The van der Waals surface area contributed by atoms with Gasteiger partial charge in [-0.05, 0) is 0 Å². The second kappa shape index (κ2) is 7.31. The first-order valence-electron chi connectivity index (χ1n) is 5.64. The second-order valence-corrected chi connectivity index (χ2v) is 4.03. The molecule has 5 N–H and O–H groups in total. The first-order chi connectivity index (χ1) is 8.58. The summed E-state index contributed by atoms with van der Waals surface area (Å²) in [5.74, 6) is 1.90. The number of aliphatic hydroxyl groups excluding tert-OH is 3. The van der Waals surface area contributed by atoms with Gasteiger partial charge in [-0.2, -0.15) is 0 Å². The Morgan fingerprint density at radius 3 is 2.83 bits per heavy atom. The van der Waals surface area contributed by atoms with E-state index in [-0.39, 0.29) is 26.1 Å². The highest BCUT2D eigenvalue weighted by molar-refractivity contribution is 5.78. The maximum atomic E-state index is 11.5. The number of nitrogens with one attached hydrogen (secondary N) is 2. The lowest BCUT2D eigenvalue weighted by molar-refractivity contribution is -0.188. The van der Waals surface area contributed by atoms with Crippen molar-refractivity contribution in [3.05, 3.63) is 0 Å². The van der Waals surface area contributed by atoms with Crippen molar-refractivity contribution in [1.29, 1.82) is 0 Å². The average Bonchev–Trinajstić information content (AvgIpc) is 2.35. The molecule has 102 valence electrons. The molecule has 0 spiro atoms. The number of ether oxygens (including phenoxy) is 1. The summed E-state index contributed by atoms with van der Waals surface area (Å²) in [5, 5.41) is 33.2. The number of amides is 1. The second-order valence-electron chi connectivity index (χ2n) is 4.03. The Bertz CT molecular complexity index is 317. The third-order valence-corrected chi connectivity index (χ3v) is 2.57. The number of carbonyl (C=O) groups excluding carboxylic acids is 1. The molecular formula is C11H18N2O5. The lowest BCUT2D eigenvalue weighted by Crippen LogP contribution is -2.57. The number of rotatable bonds is 5. The Balaban J connectivity index is 2.43. The van der Waals surface area contributed by atoms with Crippen LogP contribution in [0.4, 0.5) is 0 Å². The van der Waals surface area contributed by atoms with E-state index in [0.29, 0.717) is 0 Å². The molecule has 1 amide bonds. The van der Waals surface area contributed by atoms with Crippen LogP contribution in [0.5, 0.6) is 0 Å². The van der Waals surface area contributed by atoms with Gasteiger partial charge in [0.1, 0.15) is 6.10 Å². The molecule has 0 aromatic rings. The molecule has 7 heteroatoms. The fraction of sp³-hybridized carbons (Fsp3) is 0.727. The molecule has 1 aliphatic rings. The number of aliphatic hydroxyl groups is 3. The fourth-order valence-corrected chi connectivity index (χ4v) is 1.65. The summed E-state index contributed by atoms with van der Waals surface area (Å²) in [6, 6.07) is 0. The van der Waals surface area contributed by atoms with Gasteiger partial charge < -0.3 is 25.4 Å².